The summed E-state index contributed by atoms with van der Waals surface area (Å²) in [6.45, 7) is 10.2. The number of carbonyl (C=O) groups excluding carboxylic acids is 4. The number of nitrogens with zero attached hydrogens (tertiary/aromatic N) is 1. The fourth-order valence-corrected chi connectivity index (χ4v) is 4.94. The molecule has 1 heterocycles. The Labute approximate surface area is 242 Å². The molecule has 0 aromatic heterocycles. The zero-order valence-electron chi connectivity index (χ0n) is 24.9. The summed E-state index contributed by atoms with van der Waals surface area (Å²) in [5.41, 5.74) is 0.184. The number of para-hydroxylation sites is 1. The van der Waals surface area contributed by atoms with Crippen molar-refractivity contribution in [2.75, 3.05) is 32.2 Å². The third-order valence-electron chi connectivity index (χ3n) is 6.67. The van der Waals surface area contributed by atoms with Crippen molar-refractivity contribution in [1.82, 2.24) is 20.9 Å². The first kappa shape index (κ1) is 33.3. The minimum absolute atomic E-state index is 0.112. The van der Waals surface area contributed by atoms with Crippen LogP contribution >= 0.6 is 11.8 Å². The van der Waals surface area contributed by atoms with Gasteiger partial charge in [-0.15, -0.1) is 0 Å². The van der Waals surface area contributed by atoms with Crippen molar-refractivity contribution in [3.8, 4) is 5.75 Å². The number of nitrogens with one attached hydrogen (secondary N) is 3. The number of thioether (sulfide) groups is 1. The molecular formula is C29H46N4O6S. The lowest BCUT2D eigenvalue weighted by atomic mass is 9.94. The number of piperidine rings is 1. The van der Waals surface area contributed by atoms with Crippen LogP contribution < -0.4 is 20.7 Å². The average Bonchev–Trinajstić information content (AvgIpc) is 2.91. The van der Waals surface area contributed by atoms with Gasteiger partial charge in [-0.05, 0) is 64.0 Å². The van der Waals surface area contributed by atoms with Gasteiger partial charge < -0.3 is 30.3 Å². The molecule has 0 radical (unpaired) electrons. The van der Waals surface area contributed by atoms with E-state index in [9.17, 15) is 19.2 Å². The quantitative estimate of drug-likeness (QED) is 0.347. The van der Waals surface area contributed by atoms with E-state index >= 15 is 0 Å². The molecule has 40 heavy (non-hydrogen) atoms. The van der Waals surface area contributed by atoms with Crippen molar-refractivity contribution >= 4 is 35.6 Å². The van der Waals surface area contributed by atoms with Gasteiger partial charge in [0.15, 0.2) is 0 Å². The Hall–Kier alpha value is -2.95. The zero-order valence-corrected chi connectivity index (χ0v) is 25.7. The number of likely N-dealkylation sites (tertiary alicyclic amines) is 1. The summed E-state index contributed by atoms with van der Waals surface area (Å²) >= 11 is 1.60. The second kappa shape index (κ2) is 15.7. The normalized spacial score (nSPS) is 15.7. The van der Waals surface area contributed by atoms with E-state index in [0.717, 1.165) is 5.56 Å². The van der Waals surface area contributed by atoms with E-state index in [1.807, 2.05) is 44.4 Å². The van der Waals surface area contributed by atoms with E-state index in [2.05, 4.69) is 16.0 Å². The molecule has 3 N–H and O–H groups in total. The number of ether oxygens (including phenoxy) is 2. The van der Waals surface area contributed by atoms with Crippen molar-refractivity contribution in [1.29, 1.82) is 0 Å². The summed E-state index contributed by atoms with van der Waals surface area (Å²) in [6, 6.07) is 6.08. The zero-order chi connectivity index (χ0) is 29.9. The number of rotatable bonds is 12. The second-order valence-electron chi connectivity index (χ2n) is 11.3. The highest BCUT2D eigenvalue weighted by Crippen LogP contribution is 2.21. The number of amides is 4. The number of hydrogen-bond donors (Lipinski definition) is 3. The van der Waals surface area contributed by atoms with Crippen LogP contribution in [-0.4, -0.2) is 78.6 Å². The highest BCUT2D eigenvalue weighted by molar-refractivity contribution is 7.98. The summed E-state index contributed by atoms with van der Waals surface area (Å²) in [5.74, 6) is 0.354. The maximum absolute atomic E-state index is 13.3. The van der Waals surface area contributed by atoms with E-state index in [0.29, 0.717) is 43.9 Å². The molecule has 1 aromatic rings. The number of carbonyl (C=O) groups is 4. The lowest BCUT2D eigenvalue weighted by Crippen LogP contribution is -2.54. The van der Waals surface area contributed by atoms with Gasteiger partial charge in [-0.25, -0.2) is 4.79 Å². The van der Waals surface area contributed by atoms with Gasteiger partial charge in [-0.3, -0.25) is 14.4 Å². The van der Waals surface area contributed by atoms with Crippen LogP contribution in [0.4, 0.5) is 4.79 Å². The first-order valence-electron chi connectivity index (χ1n) is 13.8. The monoisotopic (exact) mass is 578 g/mol. The molecule has 1 saturated heterocycles. The van der Waals surface area contributed by atoms with Gasteiger partial charge in [0.2, 0.25) is 17.7 Å². The van der Waals surface area contributed by atoms with Crippen molar-refractivity contribution in [3.63, 3.8) is 0 Å². The van der Waals surface area contributed by atoms with Crippen molar-refractivity contribution in [3.05, 3.63) is 29.8 Å². The van der Waals surface area contributed by atoms with E-state index in [1.54, 1.807) is 44.5 Å². The van der Waals surface area contributed by atoms with Gasteiger partial charge in [0.25, 0.3) is 0 Å². The SMILES string of the molecule is COc1ccccc1CNC(=O)[C@H](NC(=O)C1CCN(C(=O)[C@H](CCSC)NC(=O)OC(C)(C)C)CC1)C(C)C. The maximum Gasteiger partial charge on any atom is 0.408 e. The van der Waals surface area contributed by atoms with Gasteiger partial charge in [0.1, 0.15) is 23.4 Å². The molecule has 1 fully saturated rings. The van der Waals surface area contributed by atoms with Gasteiger partial charge >= 0.3 is 6.09 Å². The summed E-state index contributed by atoms with van der Waals surface area (Å²) < 4.78 is 10.7. The largest absolute Gasteiger partial charge is 0.496 e. The number of alkyl carbamates (subject to hydrolysis) is 1. The van der Waals surface area contributed by atoms with E-state index in [1.165, 1.54) is 0 Å². The molecule has 4 amide bonds. The Kier molecular flexibility index (Phi) is 13.1. The highest BCUT2D eigenvalue weighted by Gasteiger charge is 2.34. The molecule has 0 aliphatic carbocycles. The van der Waals surface area contributed by atoms with Crippen molar-refractivity contribution in [2.24, 2.45) is 11.8 Å². The molecule has 0 spiro atoms. The Balaban J connectivity index is 1.93. The molecule has 2 atom stereocenters. The summed E-state index contributed by atoms with van der Waals surface area (Å²) in [6.07, 6.45) is 2.77. The smallest absolute Gasteiger partial charge is 0.408 e. The van der Waals surface area contributed by atoms with Gasteiger partial charge in [0.05, 0.1) is 7.11 Å². The lowest BCUT2D eigenvalue weighted by Gasteiger charge is -2.34. The summed E-state index contributed by atoms with van der Waals surface area (Å²) in [7, 11) is 1.58. The second-order valence-corrected chi connectivity index (χ2v) is 12.3. The van der Waals surface area contributed by atoms with Crippen molar-refractivity contribution < 1.29 is 28.7 Å². The standard InChI is InChI=1S/C29H46N4O6S/c1-19(2)24(26(35)30-18-21-10-8-9-11-23(21)38-6)32-25(34)20-12-15-33(16-13-20)27(36)22(14-17-40-7)31-28(37)39-29(3,4)5/h8-11,19-20,22,24H,12-18H2,1-7H3,(H,30,35)(H,31,37)(H,32,34)/t22-,24+/m0/s1. The third kappa shape index (κ3) is 10.6. The molecule has 2 rings (SSSR count). The lowest BCUT2D eigenvalue weighted by molar-refractivity contribution is -0.138. The van der Waals surface area contributed by atoms with Crippen LogP contribution in [0.5, 0.6) is 5.75 Å². The Morgan fingerprint density at radius 1 is 1.07 bits per heavy atom. The minimum Gasteiger partial charge on any atom is -0.496 e. The van der Waals surface area contributed by atoms with Crippen LogP contribution in [0.2, 0.25) is 0 Å². The molecule has 1 aromatic carbocycles. The Morgan fingerprint density at radius 2 is 1.73 bits per heavy atom. The maximum atomic E-state index is 13.3. The number of methoxy groups -OCH3 is 1. The predicted octanol–water partition coefficient (Wildman–Crippen LogP) is 3.34. The molecular weight excluding hydrogens is 532 g/mol. The van der Waals surface area contributed by atoms with Crippen LogP contribution in [0, 0.1) is 11.8 Å². The predicted molar refractivity (Wildman–Crippen MR) is 157 cm³/mol. The van der Waals surface area contributed by atoms with E-state index in [-0.39, 0.29) is 36.1 Å². The molecule has 0 unspecified atom stereocenters. The topological polar surface area (TPSA) is 126 Å². The first-order valence-corrected chi connectivity index (χ1v) is 15.2. The molecule has 0 bridgehead atoms. The molecule has 11 heteroatoms. The van der Waals surface area contributed by atoms with E-state index < -0.39 is 23.8 Å². The fourth-order valence-electron chi connectivity index (χ4n) is 4.47. The first-order chi connectivity index (χ1) is 18.9. The van der Waals surface area contributed by atoms with Crippen LogP contribution in [0.25, 0.3) is 0 Å². The fraction of sp³-hybridized carbons (Fsp3) is 0.655. The molecule has 1 aliphatic heterocycles. The molecule has 10 nitrogen and oxygen atoms in total. The van der Waals surface area contributed by atoms with Crippen LogP contribution in [0.1, 0.15) is 59.4 Å². The van der Waals surface area contributed by atoms with Crippen LogP contribution in [-0.2, 0) is 25.7 Å². The van der Waals surface area contributed by atoms with Crippen molar-refractivity contribution in [2.45, 2.75) is 78.1 Å². The molecule has 0 saturated carbocycles. The van der Waals surface area contributed by atoms with Crippen LogP contribution in [0.3, 0.4) is 0 Å². The highest BCUT2D eigenvalue weighted by atomic mass is 32.2. The van der Waals surface area contributed by atoms with Gasteiger partial charge in [-0.1, -0.05) is 32.0 Å². The average molecular weight is 579 g/mol. The van der Waals surface area contributed by atoms with Gasteiger partial charge in [0, 0.05) is 31.1 Å². The number of benzene rings is 1. The molecule has 224 valence electrons. The van der Waals surface area contributed by atoms with E-state index in [4.69, 9.17) is 9.47 Å². The minimum atomic E-state index is -0.690. The molecule has 1 aliphatic rings. The third-order valence-corrected chi connectivity index (χ3v) is 7.31. The number of hydrogen-bond acceptors (Lipinski definition) is 7. The summed E-state index contributed by atoms with van der Waals surface area (Å²) in [5, 5.41) is 8.57. The Bertz CT molecular complexity index is 1000. The Morgan fingerprint density at radius 3 is 2.30 bits per heavy atom. The summed E-state index contributed by atoms with van der Waals surface area (Å²) in [4.78, 5) is 53.4. The van der Waals surface area contributed by atoms with Crippen LogP contribution in [0.15, 0.2) is 24.3 Å². The van der Waals surface area contributed by atoms with Gasteiger partial charge in [-0.2, -0.15) is 11.8 Å².